The first-order chi connectivity index (χ1) is 12.3. The molecule has 0 bridgehead atoms. The first-order valence-electron chi connectivity index (χ1n) is 9.27. The molecule has 0 aromatic heterocycles. The van der Waals surface area contributed by atoms with Gasteiger partial charge in [0.1, 0.15) is 0 Å². The minimum Gasteiger partial charge on any atom is -0.356 e. The molecule has 0 aliphatic rings. The van der Waals surface area contributed by atoms with Crippen molar-refractivity contribution in [3.8, 4) is 0 Å². The molecule has 1 N–H and O–H groups in total. The van der Waals surface area contributed by atoms with Crippen molar-refractivity contribution in [2.75, 3.05) is 23.7 Å². The molecule has 1 amide bonds. The van der Waals surface area contributed by atoms with Gasteiger partial charge in [-0.2, -0.15) is 0 Å². The lowest BCUT2D eigenvalue weighted by Gasteiger charge is -2.22. The van der Waals surface area contributed by atoms with Crippen molar-refractivity contribution in [1.29, 1.82) is 0 Å². The predicted octanol–water partition coefficient (Wildman–Crippen LogP) is 4.22. The zero-order valence-electron chi connectivity index (χ0n) is 16.0. The highest BCUT2D eigenvalue weighted by atomic mass is 35.5. The Hall–Kier alpha value is -1.27. The van der Waals surface area contributed by atoms with Crippen LogP contribution in [0.5, 0.6) is 0 Å². The van der Waals surface area contributed by atoms with Crippen LogP contribution in [0.3, 0.4) is 0 Å². The van der Waals surface area contributed by atoms with Gasteiger partial charge >= 0.3 is 0 Å². The molecule has 0 radical (unpaired) electrons. The van der Waals surface area contributed by atoms with E-state index in [0.717, 1.165) is 25.5 Å². The minimum absolute atomic E-state index is 0.0282. The lowest BCUT2D eigenvalue weighted by atomic mass is 9.99. The maximum absolute atomic E-state index is 12.1. The maximum atomic E-state index is 12.1. The van der Waals surface area contributed by atoms with Crippen LogP contribution in [0.2, 0.25) is 5.02 Å². The molecule has 0 fully saturated rings. The smallest absolute Gasteiger partial charge is 0.232 e. The Labute approximate surface area is 163 Å². The van der Waals surface area contributed by atoms with Gasteiger partial charge in [0, 0.05) is 24.5 Å². The van der Waals surface area contributed by atoms with Crippen molar-refractivity contribution < 1.29 is 13.2 Å². The van der Waals surface area contributed by atoms with Gasteiger partial charge in [-0.3, -0.25) is 9.10 Å². The van der Waals surface area contributed by atoms with E-state index >= 15 is 0 Å². The fraction of sp³-hybridized carbons (Fsp3) is 0.632. The van der Waals surface area contributed by atoms with E-state index in [0.29, 0.717) is 36.0 Å². The van der Waals surface area contributed by atoms with Crippen LogP contribution >= 0.6 is 11.6 Å². The number of carbonyl (C=O) groups is 1. The summed E-state index contributed by atoms with van der Waals surface area (Å²) in [5.41, 5.74) is 0.519. The van der Waals surface area contributed by atoms with Gasteiger partial charge in [-0.05, 0) is 37.0 Å². The van der Waals surface area contributed by atoms with Crippen molar-refractivity contribution in [3.05, 3.63) is 29.3 Å². The monoisotopic (exact) mass is 402 g/mol. The molecule has 1 aromatic carbocycles. The molecule has 0 spiro atoms. The number of halogens is 1. The summed E-state index contributed by atoms with van der Waals surface area (Å²) in [4.78, 5) is 12.1. The van der Waals surface area contributed by atoms with Gasteiger partial charge in [0.25, 0.3) is 0 Å². The SMILES string of the molecule is CCCC[C@@H](CC)CNC(=O)CCCN(c1cccc(Cl)c1)S(C)(=O)=O. The Kier molecular flexibility index (Phi) is 10.0. The van der Waals surface area contributed by atoms with E-state index in [4.69, 9.17) is 11.6 Å². The Morgan fingerprint density at radius 3 is 2.58 bits per heavy atom. The summed E-state index contributed by atoms with van der Waals surface area (Å²) in [6, 6.07) is 6.72. The summed E-state index contributed by atoms with van der Waals surface area (Å²) in [7, 11) is -3.43. The predicted molar refractivity (Wildman–Crippen MR) is 109 cm³/mol. The van der Waals surface area contributed by atoms with Gasteiger partial charge in [0.05, 0.1) is 11.9 Å². The molecule has 5 nitrogen and oxygen atoms in total. The summed E-state index contributed by atoms with van der Waals surface area (Å²) in [5, 5.41) is 3.45. The number of anilines is 1. The normalized spacial score (nSPS) is 12.6. The standard InChI is InChI=1S/C19H31ClN2O3S/c1-4-6-9-16(5-2)15-21-19(23)12-8-13-22(26(3,24)25)18-11-7-10-17(20)14-18/h7,10-11,14,16H,4-6,8-9,12-13,15H2,1-3H3,(H,21,23)/t16-/m1/s1. The average molecular weight is 403 g/mol. The molecule has 0 saturated carbocycles. The zero-order chi connectivity index (χ0) is 19.6. The molecule has 148 valence electrons. The minimum atomic E-state index is -3.43. The third kappa shape index (κ3) is 8.41. The summed E-state index contributed by atoms with van der Waals surface area (Å²) >= 11 is 5.96. The number of hydrogen-bond acceptors (Lipinski definition) is 3. The van der Waals surface area contributed by atoms with Crippen molar-refractivity contribution in [3.63, 3.8) is 0 Å². The third-order valence-corrected chi connectivity index (χ3v) is 5.82. The van der Waals surface area contributed by atoms with Crippen molar-refractivity contribution in [2.24, 2.45) is 5.92 Å². The van der Waals surface area contributed by atoms with E-state index in [9.17, 15) is 13.2 Å². The molecule has 1 atom stereocenters. The number of unbranched alkanes of at least 4 members (excludes halogenated alkanes) is 1. The van der Waals surface area contributed by atoms with Gasteiger partial charge in [-0.15, -0.1) is 0 Å². The lowest BCUT2D eigenvalue weighted by Crippen LogP contribution is -2.33. The molecule has 0 saturated heterocycles. The second-order valence-corrected chi connectivity index (χ2v) is 8.98. The quantitative estimate of drug-likeness (QED) is 0.569. The molecule has 1 aromatic rings. The second kappa shape index (κ2) is 11.4. The van der Waals surface area contributed by atoms with Gasteiger partial charge in [-0.25, -0.2) is 8.42 Å². The first-order valence-corrected chi connectivity index (χ1v) is 11.5. The number of amides is 1. The van der Waals surface area contributed by atoms with Crippen LogP contribution in [-0.2, 0) is 14.8 Å². The Bertz CT molecular complexity index is 665. The molecule has 26 heavy (non-hydrogen) atoms. The molecule has 0 aliphatic heterocycles. The molecular formula is C19H31ClN2O3S. The van der Waals surface area contributed by atoms with Crippen molar-refractivity contribution in [2.45, 2.75) is 52.4 Å². The van der Waals surface area contributed by atoms with Crippen molar-refractivity contribution >= 4 is 33.2 Å². The molecule has 1 rings (SSSR count). The topological polar surface area (TPSA) is 66.5 Å². The summed E-state index contributed by atoms with van der Waals surface area (Å²) in [5.74, 6) is 0.484. The Morgan fingerprint density at radius 1 is 1.27 bits per heavy atom. The number of hydrogen-bond donors (Lipinski definition) is 1. The fourth-order valence-electron chi connectivity index (χ4n) is 2.79. The molecule has 0 heterocycles. The van der Waals surface area contributed by atoms with E-state index in [1.807, 2.05) is 0 Å². The van der Waals surface area contributed by atoms with Crippen LogP contribution in [0.15, 0.2) is 24.3 Å². The Balaban J connectivity index is 2.51. The Morgan fingerprint density at radius 2 is 2.00 bits per heavy atom. The van der Waals surface area contributed by atoms with Crippen LogP contribution in [-0.4, -0.2) is 33.7 Å². The van der Waals surface area contributed by atoms with Crippen molar-refractivity contribution in [1.82, 2.24) is 5.32 Å². The number of benzene rings is 1. The molecular weight excluding hydrogens is 372 g/mol. The number of rotatable bonds is 12. The number of sulfonamides is 1. The first kappa shape index (κ1) is 22.8. The second-order valence-electron chi connectivity index (χ2n) is 6.64. The highest BCUT2D eigenvalue weighted by molar-refractivity contribution is 7.92. The summed E-state index contributed by atoms with van der Waals surface area (Å²) in [6.07, 6.45) is 6.44. The highest BCUT2D eigenvalue weighted by Crippen LogP contribution is 2.22. The van der Waals surface area contributed by atoms with E-state index in [1.54, 1.807) is 24.3 Å². The molecule has 0 aliphatic carbocycles. The molecule has 7 heteroatoms. The van der Waals surface area contributed by atoms with Crippen LogP contribution < -0.4 is 9.62 Å². The van der Waals surface area contributed by atoms with E-state index in [-0.39, 0.29) is 12.5 Å². The third-order valence-electron chi connectivity index (χ3n) is 4.39. The van der Waals surface area contributed by atoms with Gasteiger partial charge < -0.3 is 5.32 Å². The summed E-state index contributed by atoms with van der Waals surface area (Å²) in [6.45, 7) is 5.25. The number of nitrogens with one attached hydrogen (secondary N) is 1. The van der Waals surface area contributed by atoms with E-state index in [1.165, 1.54) is 10.7 Å². The largest absolute Gasteiger partial charge is 0.356 e. The average Bonchev–Trinajstić information content (AvgIpc) is 2.57. The summed E-state index contributed by atoms with van der Waals surface area (Å²) < 4.78 is 25.4. The van der Waals surface area contributed by atoms with Gasteiger partial charge in [-0.1, -0.05) is 50.8 Å². The zero-order valence-corrected chi connectivity index (χ0v) is 17.6. The number of carbonyl (C=O) groups excluding carboxylic acids is 1. The molecule has 0 unspecified atom stereocenters. The fourth-order valence-corrected chi connectivity index (χ4v) is 3.93. The van der Waals surface area contributed by atoms with Crippen LogP contribution in [0.25, 0.3) is 0 Å². The van der Waals surface area contributed by atoms with Gasteiger partial charge in [0.2, 0.25) is 15.9 Å². The van der Waals surface area contributed by atoms with Crippen LogP contribution in [0.1, 0.15) is 52.4 Å². The lowest BCUT2D eigenvalue weighted by molar-refractivity contribution is -0.121. The highest BCUT2D eigenvalue weighted by Gasteiger charge is 2.18. The van der Waals surface area contributed by atoms with E-state index < -0.39 is 10.0 Å². The van der Waals surface area contributed by atoms with Gasteiger partial charge in [0.15, 0.2) is 0 Å². The van der Waals surface area contributed by atoms with Crippen LogP contribution in [0, 0.1) is 5.92 Å². The number of nitrogens with zero attached hydrogens (tertiary/aromatic N) is 1. The maximum Gasteiger partial charge on any atom is 0.232 e. The van der Waals surface area contributed by atoms with Crippen LogP contribution in [0.4, 0.5) is 5.69 Å². The van der Waals surface area contributed by atoms with E-state index in [2.05, 4.69) is 19.2 Å².